The van der Waals surface area contributed by atoms with E-state index in [2.05, 4.69) is 22.7 Å². The SMILES string of the molecule is [N-]=[N+]=NC(O)[C@H]1OC(S)[C@H](O)[C@@H](O)[C@H]1O. The van der Waals surface area contributed by atoms with Gasteiger partial charge in [-0.15, -0.1) is 12.6 Å². The van der Waals surface area contributed by atoms with Crippen LogP contribution in [0.25, 0.3) is 10.4 Å². The van der Waals surface area contributed by atoms with Crippen LogP contribution in [-0.4, -0.2) is 56.5 Å². The van der Waals surface area contributed by atoms with E-state index in [0.29, 0.717) is 0 Å². The molecular weight excluding hydrogens is 226 g/mol. The molecule has 0 aliphatic carbocycles. The van der Waals surface area contributed by atoms with Gasteiger partial charge in [0.2, 0.25) is 0 Å². The second kappa shape index (κ2) is 4.99. The van der Waals surface area contributed by atoms with Crippen LogP contribution in [0.4, 0.5) is 0 Å². The molecule has 0 spiro atoms. The first-order valence-corrected chi connectivity index (χ1v) is 4.60. The summed E-state index contributed by atoms with van der Waals surface area (Å²) in [5.41, 5.74) is 7.00. The first-order valence-electron chi connectivity index (χ1n) is 4.09. The molecule has 1 rings (SSSR count). The van der Waals surface area contributed by atoms with Gasteiger partial charge in [0, 0.05) is 4.91 Å². The Balaban J connectivity index is 2.78. The van der Waals surface area contributed by atoms with E-state index >= 15 is 0 Å². The maximum atomic E-state index is 9.41. The zero-order valence-corrected chi connectivity index (χ0v) is 8.34. The molecule has 0 amide bonds. The molecule has 0 bridgehead atoms. The molecule has 1 aliphatic heterocycles. The molecule has 8 nitrogen and oxygen atoms in total. The lowest BCUT2D eigenvalue weighted by atomic mass is 9.99. The molecule has 2 unspecified atom stereocenters. The normalized spacial score (nSPS) is 43.1. The van der Waals surface area contributed by atoms with Gasteiger partial charge >= 0.3 is 0 Å². The summed E-state index contributed by atoms with van der Waals surface area (Å²) in [4.78, 5) is 2.33. The van der Waals surface area contributed by atoms with E-state index in [-0.39, 0.29) is 0 Å². The molecule has 15 heavy (non-hydrogen) atoms. The highest BCUT2D eigenvalue weighted by molar-refractivity contribution is 7.80. The quantitative estimate of drug-likeness (QED) is 0.169. The second-order valence-electron chi connectivity index (χ2n) is 3.08. The van der Waals surface area contributed by atoms with E-state index < -0.39 is 36.1 Å². The van der Waals surface area contributed by atoms with Crippen molar-refractivity contribution in [1.29, 1.82) is 0 Å². The highest BCUT2D eigenvalue weighted by atomic mass is 32.1. The average Bonchev–Trinajstić information content (AvgIpc) is 2.20. The van der Waals surface area contributed by atoms with Crippen LogP contribution in [-0.2, 0) is 4.74 Å². The molecule has 4 N–H and O–H groups in total. The van der Waals surface area contributed by atoms with E-state index in [1.54, 1.807) is 0 Å². The van der Waals surface area contributed by atoms with Crippen LogP contribution in [0.3, 0.4) is 0 Å². The van der Waals surface area contributed by atoms with Crippen molar-refractivity contribution in [2.75, 3.05) is 0 Å². The maximum absolute atomic E-state index is 9.41. The highest BCUT2D eigenvalue weighted by Gasteiger charge is 2.44. The molecular formula is C6H11N3O5S. The standard InChI is InChI=1S/C6H11N3O5S/c7-9-8-5(13)4-2(11)1(10)3(12)6(15)14-4/h1-6,10-13,15H/t1-,2+,3+,4-,5?,6?/m0/s1. The fourth-order valence-corrected chi connectivity index (χ4v) is 1.57. The van der Waals surface area contributed by atoms with E-state index in [1.807, 2.05) is 0 Å². The molecule has 0 radical (unpaired) electrons. The Morgan fingerprint density at radius 2 is 1.87 bits per heavy atom. The van der Waals surface area contributed by atoms with Gasteiger partial charge in [0.25, 0.3) is 0 Å². The number of ether oxygens (including phenoxy) is 1. The Kier molecular flexibility index (Phi) is 4.17. The van der Waals surface area contributed by atoms with Gasteiger partial charge in [-0.3, -0.25) is 0 Å². The van der Waals surface area contributed by atoms with E-state index in [0.717, 1.165) is 0 Å². The summed E-state index contributed by atoms with van der Waals surface area (Å²) in [5, 5.41) is 40.1. The summed E-state index contributed by atoms with van der Waals surface area (Å²) >= 11 is 3.79. The van der Waals surface area contributed by atoms with Crippen LogP contribution in [0.2, 0.25) is 0 Å². The summed E-state index contributed by atoms with van der Waals surface area (Å²) in [6, 6.07) is 0. The molecule has 6 atom stereocenters. The Bertz CT molecular complexity index is 273. The van der Waals surface area contributed by atoms with Crippen molar-refractivity contribution in [3.63, 3.8) is 0 Å². The van der Waals surface area contributed by atoms with Gasteiger partial charge in [0.1, 0.15) is 29.9 Å². The van der Waals surface area contributed by atoms with Crippen molar-refractivity contribution < 1.29 is 25.2 Å². The molecule has 1 saturated heterocycles. The first kappa shape index (κ1) is 12.5. The molecule has 1 heterocycles. The zero-order valence-electron chi connectivity index (χ0n) is 7.45. The van der Waals surface area contributed by atoms with Crippen LogP contribution in [0.5, 0.6) is 0 Å². The van der Waals surface area contributed by atoms with Crippen molar-refractivity contribution in [2.24, 2.45) is 5.11 Å². The maximum Gasteiger partial charge on any atom is 0.161 e. The molecule has 0 aromatic heterocycles. The molecule has 0 aromatic rings. The number of hydrogen-bond acceptors (Lipinski definition) is 7. The van der Waals surface area contributed by atoms with Gasteiger partial charge in [0.15, 0.2) is 6.23 Å². The lowest BCUT2D eigenvalue weighted by Crippen LogP contribution is -2.58. The van der Waals surface area contributed by atoms with Crippen molar-refractivity contribution in [1.82, 2.24) is 0 Å². The molecule has 0 saturated carbocycles. The van der Waals surface area contributed by atoms with Crippen LogP contribution >= 0.6 is 12.6 Å². The van der Waals surface area contributed by atoms with Crippen LogP contribution < -0.4 is 0 Å². The van der Waals surface area contributed by atoms with Crippen molar-refractivity contribution in [3.8, 4) is 0 Å². The summed E-state index contributed by atoms with van der Waals surface area (Å²) in [5.74, 6) is 0. The van der Waals surface area contributed by atoms with Gasteiger partial charge in [-0.2, -0.15) is 0 Å². The fourth-order valence-electron chi connectivity index (χ4n) is 1.25. The van der Waals surface area contributed by atoms with Crippen molar-refractivity contribution in [3.05, 3.63) is 10.4 Å². The van der Waals surface area contributed by atoms with Gasteiger partial charge in [-0.05, 0) is 5.53 Å². The third-order valence-corrected chi connectivity index (χ3v) is 2.52. The first-order chi connectivity index (χ1) is 6.99. The van der Waals surface area contributed by atoms with E-state index in [1.165, 1.54) is 0 Å². The van der Waals surface area contributed by atoms with E-state index in [4.69, 9.17) is 10.3 Å². The smallest absolute Gasteiger partial charge is 0.161 e. The Morgan fingerprint density at radius 1 is 1.27 bits per heavy atom. The molecule has 9 heteroatoms. The van der Waals surface area contributed by atoms with Crippen molar-refractivity contribution in [2.45, 2.75) is 36.1 Å². The lowest BCUT2D eigenvalue weighted by molar-refractivity contribution is -0.219. The van der Waals surface area contributed by atoms with Gasteiger partial charge in [-0.25, -0.2) is 0 Å². The number of azide groups is 1. The number of thiol groups is 1. The van der Waals surface area contributed by atoms with Gasteiger partial charge < -0.3 is 25.2 Å². The Hall–Kier alpha value is -0.540. The van der Waals surface area contributed by atoms with Crippen LogP contribution in [0, 0.1) is 0 Å². The predicted molar refractivity (Wildman–Crippen MR) is 50.8 cm³/mol. The van der Waals surface area contributed by atoms with Crippen LogP contribution in [0.1, 0.15) is 0 Å². The fraction of sp³-hybridized carbons (Fsp3) is 1.00. The molecule has 1 fully saturated rings. The molecule has 0 aromatic carbocycles. The molecule has 1 aliphatic rings. The number of hydrogen-bond donors (Lipinski definition) is 5. The number of rotatable bonds is 2. The third kappa shape index (κ3) is 2.52. The topological polar surface area (TPSA) is 139 Å². The Morgan fingerprint density at radius 3 is 2.40 bits per heavy atom. The summed E-state index contributed by atoms with van der Waals surface area (Å²) in [7, 11) is 0. The monoisotopic (exact) mass is 237 g/mol. The lowest BCUT2D eigenvalue weighted by Gasteiger charge is -2.39. The summed E-state index contributed by atoms with van der Waals surface area (Å²) in [6.07, 6.45) is -7.42. The predicted octanol–water partition coefficient (Wildman–Crippen LogP) is -1.65. The number of aliphatic hydroxyl groups excluding tert-OH is 4. The van der Waals surface area contributed by atoms with Gasteiger partial charge in [-0.1, -0.05) is 5.11 Å². The Labute approximate surface area is 90.1 Å². The van der Waals surface area contributed by atoms with Gasteiger partial charge in [0.05, 0.1) is 0 Å². The zero-order chi connectivity index (χ0) is 11.6. The minimum atomic E-state index is -1.65. The van der Waals surface area contributed by atoms with Crippen molar-refractivity contribution >= 4 is 12.6 Å². The summed E-state index contributed by atoms with van der Waals surface area (Å²) < 4.78 is 4.88. The van der Waals surface area contributed by atoms with E-state index in [9.17, 15) is 20.4 Å². The highest BCUT2D eigenvalue weighted by Crippen LogP contribution is 2.25. The largest absolute Gasteiger partial charge is 0.387 e. The van der Waals surface area contributed by atoms with Crippen LogP contribution in [0.15, 0.2) is 5.11 Å². The molecule has 86 valence electrons. The number of nitrogens with zero attached hydrogens (tertiary/aromatic N) is 3. The minimum Gasteiger partial charge on any atom is -0.387 e. The summed E-state index contributed by atoms with van der Waals surface area (Å²) in [6.45, 7) is 0. The number of aliphatic hydroxyl groups is 4. The minimum absolute atomic E-state index is 1.07. The average molecular weight is 237 g/mol. The second-order valence-corrected chi connectivity index (χ2v) is 3.59. The third-order valence-electron chi connectivity index (χ3n) is 2.09.